The summed E-state index contributed by atoms with van der Waals surface area (Å²) < 4.78 is 1.35. The summed E-state index contributed by atoms with van der Waals surface area (Å²) in [5, 5.41) is 10.8. The number of rotatable bonds is 8. The normalized spacial score (nSPS) is 10.9. The number of carbonyl (C=O) groups is 2. The van der Waals surface area contributed by atoms with Crippen molar-refractivity contribution in [3.05, 3.63) is 69.1 Å². The molecule has 7 heteroatoms. The Hall–Kier alpha value is -3.48. The molecule has 2 N–H and O–H groups in total. The first-order valence-electron chi connectivity index (χ1n) is 11.0. The van der Waals surface area contributed by atoms with Crippen LogP contribution in [-0.2, 0) is 11.3 Å². The quantitative estimate of drug-likeness (QED) is 0.526. The number of unbranched alkanes of at least 4 members (excludes halogenated alkanes) is 2. The molecular formula is C25H30N4O3. The highest BCUT2D eigenvalue weighted by Crippen LogP contribution is 2.21. The molecule has 32 heavy (non-hydrogen) atoms. The van der Waals surface area contributed by atoms with Crippen molar-refractivity contribution in [2.45, 2.75) is 53.5 Å². The zero-order chi connectivity index (χ0) is 23.3. The lowest BCUT2D eigenvalue weighted by molar-refractivity contribution is -0.115. The second kappa shape index (κ2) is 10.2. The van der Waals surface area contributed by atoms with E-state index in [0.717, 1.165) is 41.6 Å². The summed E-state index contributed by atoms with van der Waals surface area (Å²) in [7, 11) is 0. The van der Waals surface area contributed by atoms with Gasteiger partial charge in [0.2, 0.25) is 5.91 Å². The maximum Gasteiger partial charge on any atom is 0.274 e. The first kappa shape index (κ1) is 23.2. The highest BCUT2D eigenvalue weighted by Gasteiger charge is 2.18. The van der Waals surface area contributed by atoms with Crippen LogP contribution in [-0.4, -0.2) is 28.1 Å². The number of nitrogens with zero attached hydrogens (tertiary/aromatic N) is 2. The van der Waals surface area contributed by atoms with E-state index >= 15 is 0 Å². The van der Waals surface area contributed by atoms with Crippen molar-refractivity contribution in [1.82, 2.24) is 15.1 Å². The molecule has 0 bridgehead atoms. The molecule has 168 valence electrons. The van der Waals surface area contributed by atoms with Crippen LogP contribution in [0.4, 0.5) is 5.69 Å². The van der Waals surface area contributed by atoms with Gasteiger partial charge >= 0.3 is 0 Å². The molecule has 3 rings (SSSR count). The minimum atomic E-state index is -0.488. The smallest absolute Gasteiger partial charge is 0.274 e. The first-order valence-corrected chi connectivity index (χ1v) is 11.0. The van der Waals surface area contributed by atoms with Gasteiger partial charge in [-0.3, -0.25) is 14.4 Å². The highest BCUT2D eigenvalue weighted by atomic mass is 16.2. The molecule has 1 aromatic heterocycles. The molecule has 2 amide bonds. The van der Waals surface area contributed by atoms with Crippen molar-refractivity contribution in [3.8, 4) is 0 Å². The monoisotopic (exact) mass is 434 g/mol. The molecule has 0 saturated heterocycles. The Balaban J connectivity index is 1.78. The van der Waals surface area contributed by atoms with E-state index in [1.807, 2.05) is 32.9 Å². The van der Waals surface area contributed by atoms with E-state index in [1.165, 1.54) is 4.68 Å². The third kappa shape index (κ3) is 5.22. The summed E-state index contributed by atoms with van der Waals surface area (Å²) in [5.74, 6) is -0.813. The number of anilines is 1. The van der Waals surface area contributed by atoms with Crippen LogP contribution in [0.1, 0.15) is 53.4 Å². The molecule has 2 aromatic carbocycles. The summed E-state index contributed by atoms with van der Waals surface area (Å²) in [6, 6.07) is 10.9. The molecule has 0 aliphatic heterocycles. The fourth-order valence-electron chi connectivity index (χ4n) is 3.87. The minimum Gasteiger partial charge on any atom is -0.342 e. The summed E-state index contributed by atoms with van der Waals surface area (Å²) in [4.78, 5) is 38.2. The lowest BCUT2D eigenvalue weighted by Gasteiger charge is -2.14. The molecule has 3 aromatic rings. The third-order valence-electron chi connectivity index (χ3n) is 5.41. The molecule has 0 unspecified atom stereocenters. The van der Waals surface area contributed by atoms with Crippen molar-refractivity contribution >= 4 is 28.3 Å². The Labute approximate surface area is 187 Å². The third-order valence-corrected chi connectivity index (χ3v) is 5.41. The SMILES string of the molecule is CCCCCn1nc(C(=O)NCC(=O)Nc2c(C)cc(C)cc2C)c2ccccc2c1=O. The van der Waals surface area contributed by atoms with Crippen LogP contribution < -0.4 is 16.2 Å². The fourth-order valence-corrected chi connectivity index (χ4v) is 3.87. The Morgan fingerprint density at radius 2 is 1.66 bits per heavy atom. The average molecular weight is 435 g/mol. The zero-order valence-electron chi connectivity index (χ0n) is 19.1. The number of carbonyl (C=O) groups excluding carboxylic acids is 2. The molecule has 0 saturated carbocycles. The number of aryl methyl sites for hydroxylation is 4. The topological polar surface area (TPSA) is 93.1 Å². The van der Waals surface area contributed by atoms with Gasteiger partial charge in [-0.2, -0.15) is 5.10 Å². The van der Waals surface area contributed by atoms with Gasteiger partial charge in [-0.05, 0) is 44.4 Å². The van der Waals surface area contributed by atoms with Gasteiger partial charge in [0.15, 0.2) is 5.69 Å². The maximum absolute atomic E-state index is 12.9. The van der Waals surface area contributed by atoms with E-state index in [0.29, 0.717) is 17.3 Å². The maximum atomic E-state index is 12.9. The standard InChI is InChI=1S/C25H30N4O3/c1-5-6-9-12-29-25(32)20-11-8-7-10-19(20)23(28-29)24(31)26-15-21(30)27-22-17(3)13-16(2)14-18(22)4/h7-8,10-11,13-14H,5-6,9,12,15H2,1-4H3,(H,26,31)(H,27,30). The number of fused-ring (bicyclic) bond motifs is 1. The van der Waals surface area contributed by atoms with Crippen molar-refractivity contribution in [3.63, 3.8) is 0 Å². The highest BCUT2D eigenvalue weighted by molar-refractivity contribution is 6.06. The van der Waals surface area contributed by atoms with Gasteiger partial charge in [0, 0.05) is 17.6 Å². The van der Waals surface area contributed by atoms with Crippen LogP contribution in [0.5, 0.6) is 0 Å². The van der Waals surface area contributed by atoms with Crippen LogP contribution in [0, 0.1) is 20.8 Å². The summed E-state index contributed by atoms with van der Waals surface area (Å²) in [6.45, 7) is 8.21. The molecule has 0 atom stereocenters. The lowest BCUT2D eigenvalue weighted by Crippen LogP contribution is -2.35. The van der Waals surface area contributed by atoms with Crippen LogP contribution in [0.15, 0.2) is 41.2 Å². The van der Waals surface area contributed by atoms with Gasteiger partial charge in [0.1, 0.15) is 0 Å². The number of hydrogen-bond donors (Lipinski definition) is 2. The first-order chi connectivity index (χ1) is 15.3. The van der Waals surface area contributed by atoms with Gasteiger partial charge in [0.05, 0.1) is 11.9 Å². The molecule has 0 fully saturated rings. The van der Waals surface area contributed by atoms with E-state index in [4.69, 9.17) is 0 Å². The van der Waals surface area contributed by atoms with Crippen LogP contribution in [0.25, 0.3) is 10.8 Å². The zero-order valence-corrected chi connectivity index (χ0v) is 19.1. The summed E-state index contributed by atoms with van der Waals surface area (Å²) >= 11 is 0. The van der Waals surface area contributed by atoms with E-state index in [-0.39, 0.29) is 23.7 Å². The average Bonchev–Trinajstić information content (AvgIpc) is 2.76. The minimum absolute atomic E-state index is 0.146. The predicted octanol–water partition coefficient (Wildman–Crippen LogP) is 3.88. The molecule has 7 nitrogen and oxygen atoms in total. The number of benzene rings is 2. The summed E-state index contributed by atoms with van der Waals surface area (Å²) in [5.41, 5.74) is 3.74. The molecule has 0 aliphatic rings. The van der Waals surface area contributed by atoms with Crippen LogP contribution in [0.2, 0.25) is 0 Å². The largest absolute Gasteiger partial charge is 0.342 e. The van der Waals surface area contributed by atoms with Crippen LogP contribution in [0.3, 0.4) is 0 Å². The lowest BCUT2D eigenvalue weighted by atomic mass is 10.1. The van der Waals surface area contributed by atoms with Gasteiger partial charge in [-0.25, -0.2) is 4.68 Å². The Morgan fingerprint density at radius 3 is 2.31 bits per heavy atom. The van der Waals surface area contributed by atoms with Gasteiger partial charge in [-0.1, -0.05) is 55.7 Å². The van der Waals surface area contributed by atoms with E-state index in [1.54, 1.807) is 24.3 Å². The number of hydrogen-bond acceptors (Lipinski definition) is 4. The van der Waals surface area contributed by atoms with E-state index in [2.05, 4.69) is 22.7 Å². The van der Waals surface area contributed by atoms with Crippen molar-refractivity contribution < 1.29 is 9.59 Å². The van der Waals surface area contributed by atoms with Crippen molar-refractivity contribution in [1.29, 1.82) is 0 Å². The predicted molar refractivity (Wildman–Crippen MR) is 127 cm³/mol. The molecule has 0 aliphatic carbocycles. The van der Waals surface area contributed by atoms with Crippen molar-refractivity contribution in [2.24, 2.45) is 0 Å². The molecule has 0 radical (unpaired) electrons. The Bertz CT molecular complexity index is 1190. The molecule has 0 spiro atoms. The number of amides is 2. The second-order valence-electron chi connectivity index (χ2n) is 8.13. The number of aromatic nitrogens is 2. The molecular weight excluding hydrogens is 404 g/mol. The Kier molecular flexibility index (Phi) is 7.41. The van der Waals surface area contributed by atoms with Crippen LogP contribution >= 0.6 is 0 Å². The van der Waals surface area contributed by atoms with Gasteiger partial charge in [-0.15, -0.1) is 0 Å². The van der Waals surface area contributed by atoms with E-state index in [9.17, 15) is 14.4 Å². The van der Waals surface area contributed by atoms with Gasteiger partial charge < -0.3 is 10.6 Å². The van der Waals surface area contributed by atoms with Crippen molar-refractivity contribution in [2.75, 3.05) is 11.9 Å². The van der Waals surface area contributed by atoms with E-state index < -0.39 is 5.91 Å². The number of nitrogens with one attached hydrogen (secondary N) is 2. The molecule has 1 heterocycles. The summed E-state index contributed by atoms with van der Waals surface area (Å²) in [6.07, 6.45) is 2.80. The van der Waals surface area contributed by atoms with Gasteiger partial charge in [0.25, 0.3) is 11.5 Å². The Morgan fingerprint density at radius 1 is 1.00 bits per heavy atom. The second-order valence-corrected chi connectivity index (χ2v) is 8.13. The fraction of sp³-hybridized carbons (Fsp3) is 0.360.